The molecule has 20 heavy (non-hydrogen) atoms. The molecule has 0 atom stereocenters. The Morgan fingerprint density at radius 3 is 2.40 bits per heavy atom. The van der Waals surface area contributed by atoms with Crippen molar-refractivity contribution in [1.29, 1.82) is 0 Å². The summed E-state index contributed by atoms with van der Waals surface area (Å²) in [5.74, 6) is 0. The molecule has 0 nitrogen and oxygen atoms in total. The van der Waals surface area contributed by atoms with Gasteiger partial charge >= 0.3 is 0 Å². The van der Waals surface area contributed by atoms with E-state index in [1.807, 2.05) is 0 Å². The highest BCUT2D eigenvalue weighted by Crippen LogP contribution is 2.32. The minimum Gasteiger partial charge on any atom is -0.0763 e. The molecule has 0 amide bonds. The molecule has 1 aromatic rings. The zero-order valence-corrected chi connectivity index (χ0v) is 14.3. The molecule has 1 aromatic carbocycles. The van der Waals surface area contributed by atoms with Gasteiger partial charge in [0.25, 0.3) is 0 Å². The topological polar surface area (TPSA) is 0 Å². The van der Waals surface area contributed by atoms with Crippen molar-refractivity contribution in [3.63, 3.8) is 0 Å². The summed E-state index contributed by atoms with van der Waals surface area (Å²) in [7, 11) is 0. The van der Waals surface area contributed by atoms with E-state index in [-0.39, 0.29) is 0 Å². The summed E-state index contributed by atoms with van der Waals surface area (Å²) in [4.78, 5) is 0. The van der Waals surface area contributed by atoms with Crippen LogP contribution in [0.4, 0.5) is 0 Å². The van der Waals surface area contributed by atoms with Crippen molar-refractivity contribution < 1.29 is 0 Å². The molecule has 0 N–H and O–H groups in total. The first-order valence-corrected chi connectivity index (χ1v) is 9.08. The molecule has 1 heteroatoms. The van der Waals surface area contributed by atoms with Crippen LogP contribution in [0.3, 0.4) is 0 Å². The highest BCUT2D eigenvalue weighted by Gasteiger charge is 2.13. The Balaban J connectivity index is 1.62. The molecule has 0 unspecified atom stereocenters. The van der Waals surface area contributed by atoms with E-state index < -0.39 is 0 Å². The Hall–Kier alpha value is -0.560. The van der Waals surface area contributed by atoms with Crippen LogP contribution in [0.1, 0.15) is 75.8 Å². The zero-order valence-electron chi connectivity index (χ0n) is 12.8. The largest absolute Gasteiger partial charge is 0.0763 e. The highest BCUT2D eigenvalue weighted by molar-refractivity contribution is 9.10. The molecular formula is C19H27Br. The van der Waals surface area contributed by atoms with Crippen molar-refractivity contribution in [2.24, 2.45) is 0 Å². The number of hydrogen-bond donors (Lipinski definition) is 0. The van der Waals surface area contributed by atoms with Gasteiger partial charge in [-0.3, -0.25) is 0 Å². The summed E-state index contributed by atoms with van der Waals surface area (Å²) in [5.41, 5.74) is 4.57. The van der Waals surface area contributed by atoms with Gasteiger partial charge in [0.15, 0.2) is 0 Å². The molecule has 0 bridgehead atoms. The maximum atomic E-state index is 3.56. The first kappa shape index (κ1) is 15.8. The monoisotopic (exact) mass is 334 g/mol. The Labute approximate surface area is 132 Å². The summed E-state index contributed by atoms with van der Waals surface area (Å²) >= 11 is 3.56. The lowest BCUT2D eigenvalue weighted by Gasteiger charge is -2.06. The Morgan fingerprint density at radius 2 is 1.65 bits per heavy atom. The Morgan fingerprint density at radius 1 is 0.950 bits per heavy atom. The van der Waals surface area contributed by atoms with Crippen molar-refractivity contribution in [3.05, 3.63) is 39.9 Å². The number of rotatable bonds is 9. The standard InChI is InChI=1S/C19H27Br/c1-2-3-4-5-6-7-8-9-10-16-11-12-17-15-18(20)13-14-19(16)17/h11,13-15H,2-10,12H2,1H3. The number of unbranched alkanes of at least 4 members (excludes halogenated alkanes) is 7. The number of hydrogen-bond acceptors (Lipinski definition) is 0. The predicted molar refractivity (Wildman–Crippen MR) is 93.1 cm³/mol. The van der Waals surface area contributed by atoms with E-state index >= 15 is 0 Å². The third-order valence-corrected chi connectivity index (χ3v) is 4.77. The SMILES string of the molecule is CCCCCCCCCCC1=CCc2cc(Br)ccc21. The van der Waals surface area contributed by atoms with E-state index in [4.69, 9.17) is 0 Å². The Kier molecular flexibility index (Phi) is 6.86. The first-order chi connectivity index (χ1) is 9.81. The molecule has 0 radical (unpaired) electrons. The van der Waals surface area contributed by atoms with Crippen molar-refractivity contribution in [2.75, 3.05) is 0 Å². The van der Waals surface area contributed by atoms with Crippen LogP contribution in [0.15, 0.2) is 28.7 Å². The highest BCUT2D eigenvalue weighted by atomic mass is 79.9. The summed E-state index contributed by atoms with van der Waals surface area (Å²) in [5, 5.41) is 0. The predicted octanol–water partition coefficient (Wildman–Crippen LogP) is 6.92. The second kappa shape index (κ2) is 8.67. The van der Waals surface area contributed by atoms with Crippen LogP contribution in [0, 0.1) is 0 Å². The van der Waals surface area contributed by atoms with Gasteiger partial charge in [0.05, 0.1) is 0 Å². The molecule has 1 aliphatic carbocycles. The number of fused-ring (bicyclic) bond motifs is 1. The van der Waals surface area contributed by atoms with Gasteiger partial charge < -0.3 is 0 Å². The lowest BCUT2D eigenvalue weighted by molar-refractivity contribution is 0.579. The maximum Gasteiger partial charge on any atom is 0.0178 e. The minimum atomic E-state index is 1.13. The van der Waals surface area contributed by atoms with Crippen LogP contribution < -0.4 is 0 Å². The van der Waals surface area contributed by atoms with Gasteiger partial charge in [-0.15, -0.1) is 0 Å². The minimum absolute atomic E-state index is 1.13. The van der Waals surface area contributed by atoms with Crippen molar-refractivity contribution >= 4 is 21.5 Å². The lowest BCUT2D eigenvalue weighted by Crippen LogP contribution is -1.86. The van der Waals surface area contributed by atoms with Gasteiger partial charge in [-0.05, 0) is 48.1 Å². The van der Waals surface area contributed by atoms with Crippen LogP contribution in [0.25, 0.3) is 5.57 Å². The van der Waals surface area contributed by atoms with Gasteiger partial charge in [-0.2, -0.15) is 0 Å². The molecule has 0 aliphatic heterocycles. The molecule has 0 aromatic heterocycles. The van der Waals surface area contributed by atoms with Crippen LogP contribution >= 0.6 is 15.9 Å². The van der Waals surface area contributed by atoms with Crippen LogP contribution in [-0.4, -0.2) is 0 Å². The molecule has 110 valence electrons. The third-order valence-electron chi connectivity index (χ3n) is 4.28. The van der Waals surface area contributed by atoms with E-state index in [0.717, 1.165) is 6.42 Å². The zero-order chi connectivity index (χ0) is 14.2. The van der Waals surface area contributed by atoms with Gasteiger partial charge in [0.2, 0.25) is 0 Å². The van der Waals surface area contributed by atoms with Crippen molar-refractivity contribution in [2.45, 2.75) is 71.1 Å². The average molecular weight is 335 g/mol. The molecule has 0 saturated carbocycles. The van der Waals surface area contributed by atoms with Gasteiger partial charge in [0.1, 0.15) is 0 Å². The molecule has 0 saturated heterocycles. The lowest BCUT2D eigenvalue weighted by atomic mass is 10.00. The normalized spacial score (nSPS) is 13.4. The summed E-state index contributed by atoms with van der Waals surface area (Å²) in [6.07, 6.45) is 16.1. The molecular weight excluding hydrogens is 308 g/mol. The van der Waals surface area contributed by atoms with E-state index in [1.54, 1.807) is 5.57 Å². The van der Waals surface area contributed by atoms with E-state index in [0.29, 0.717) is 0 Å². The Bertz CT molecular complexity index is 445. The molecule has 2 rings (SSSR count). The fourth-order valence-electron chi connectivity index (χ4n) is 3.07. The number of allylic oxidation sites excluding steroid dienone is 2. The van der Waals surface area contributed by atoms with Crippen molar-refractivity contribution in [1.82, 2.24) is 0 Å². The third kappa shape index (κ3) is 4.77. The summed E-state index contributed by atoms with van der Waals surface area (Å²) in [6, 6.07) is 6.72. The van der Waals surface area contributed by atoms with Gasteiger partial charge in [-0.25, -0.2) is 0 Å². The van der Waals surface area contributed by atoms with Gasteiger partial charge in [0, 0.05) is 4.47 Å². The summed E-state index contributed by atoms with van der Waals surface area (Å²) < 4.78 is 1.21. The van der Waals surface area contributed by atoms with E-state index in [1.165, 1.54) is 73.4 Å². The smallest absolute Gasteiger partial charge is 0.0178 e. The molecule has 1 aliphatic rings. The first-order valence-electron chi connectivity index (χ1n) is 8.29. The second-order valence-corrected chi connectivity index (χ2v) is 6.88. The number of benzene rings is 1. The average Bonchev–Trinajstić information content (AvgIpc) is 2.84. The maximum absolute atomic E-state index is 3.56. The van der Waals surface area contributed by atoms with Crippen LogP contribution in [0.2, 0.25) is 0 Å². The fraction of sp³-hybridized carbons (Fsp3) is 0.579. The molecule has 0 spiro atoms. The number of halogens is 1. The fourth-order valence-corrected chi connectivity index (χ4v) is 3.48. The second-order valence-electron chi connectivity index (χ2n) is 5.96. The van der Waals surface area contributed by atoms with Crippen LogP contribution in [0.5, 0.6) is 0 Å². The molecule has 0 fully saturated rings. The van der Waals surface area contributed by atoms with Gasteiger partial charge in [-0.1, -0.05) is 79.9 Å². The van der Waals surface area contributed by atoms with E-state index in [2.05, 4.69) is 47.1 Å². The van der Waals surface area contributed by atoms with E-state index in [9.17, 15) is 0 Å². The molecule has 0 heterocycles. The quantitative estimate of drug-likeness (QED) is 0.430. The summed E-state index contributed by atoms with van der Waals surface area (Å²) in [6.45, 7) is 2.28. The van der Waals surface area contributed by atoms with Crippen LogP contribution in [-0.2, 0) is 6.42 Å². The van der Waals surface area contributed by atoms with Crippen molar-refractivity contribution in [3.8, 4) is 0 Å².